The molecule has 36 heavy (non-hydrogen) atoms. The van der Waals surface area contributed by atoms with Crippen LogP contribution in [0.2, 0.25) is 0 Å². The van der Waals surface area contributed by atoms with Gasteiger partial charge in [0.15, 0.2) is 16.9 Å². The fourth-order valence-electron chi connectivity index (χ4n) is 3.95. The molecule has 0 spiro atoms. The Morgan fingerprint density at radius 2 is 1.61 bits per heavy atom. The van der Waals surface area contributed by atoms with Crippen LogP contribution in [0.4, 0.5) is 0 Å². The highest BCUT2D eigenvalue weighted by Gasteiger charge is 2.42. The average Bonchev–Trinajstić information content (AvgIpc) is 2.90. The van der Waals surface area contributed by atoms with Crippen molar-refractivity contribution in [2.24, 2.45) is 0 Å². The van der Waals surface area contributed by atoms with Crippen LogP contribution >= 0.6 is 0 Å². The van der Waals surface area contributed by atoms with E-state index in [2.05, 4.69) is 11.0 Å². The van der Waals surface area contributed by atoms with Gasteiger partial charge in [0.05, 0.1) is 39.1 Å². The molecule has 0 aliphatic carbocycles. The summed E-state index contributed by atoms with van der Waals surface area (Å²) in [6.45, 7) is 5.52. The summed E-state index contributed by atoms with van der Waals surface area (Å²) >= 11 is 0. The van der Waals surface area contributed by atoms with Gasteiger partial charge in [-0.3, -0.25) is 0 Å². The molecule has 0 aliphatic heterocycles. The second-order valence-corrected chi connectivity index (χ2v) is 8.38. The van der Waals surface area contributed by atoms with Gasteiger partial charge in [0.25, 0.3) is 0 Å². The lowest BCUT2D eigenvalue weighted by molar-refractivity contribution is -0.148. The minimum atomic E-state index is -1.45. The number of hydrogen-bond acceptors (Lipinski definition) is 8. The molecular weight excluding hydrogens is 460 g/mol. The van der Waals surface area contributed by atoms with Gasteiger partial charge < -0.3 is 23.8 Å². The second-order valence-electron chi connectivity index (χ2n) is 8.38. The molecule has 194 valence electrons. The van der Waals surface area contributed by atoms with Crippen LogP contribution in [-0.4, -0.2) is 64.4 Å². The molecule has 2 rings (SSSR count). The lowest BCUT2D eigenvalue weighted by Crippen LogP contribution is -2.37. The summed E-state index contributed by atoms with van der Waals surface area (Å²) in [4.78, 5) is 27.0. The van der Waals surface area contributed by atoms with Crippen molar-refractivity contribution in [1.82, 2.24) is 4.90 Å². The topological polar surface area (TPSA) is 98.1 Å². The first-order valence-electron chi connectivity index (χ1n) is 12.1. The Bertz CT molecular complexity index is 1050. The summed E-state index contributed by atoms with van der Waals surface area (Å²) in [6.07, 6.45) is 1.71. The van der Waals surface area contributed by atoms with E-state index in [0.717, 1.165) is 18.5 Å². The first kappa shape index (κ1) is 28.7. The Labute approximate surface area is 213 Å². The lowest BCUT2D eigenvalue weighted by Gasteiger charge is -2.27. The highest BCUT2D eigenvalue weighted by Crippen LogP contribution is 2.37. The Morgan fingerprint density at radius 3 is 2.19 bits per heavy atom. The lowest BCUT2D eigenvalue weighted by atomic mass is 9.77. The Kier molecular flexibility index (Phi) is 11.2. The van der Waals surface area contributed by atoms with Gasteiger partial charge in [-0.15, -0.1) is 0 Å². The molecule has 2 aromatic carbocycles. The third-order valence-electron chi connectivity index (χ3n) is 6.03. The standard InChI is InChI=1S/C28H36N2O6/c1-6-35-26(31)22-11-9-21(10-12-22)15-18-30(3)17-8-16-28(20-29,27(32)36-7-2)23-13-14-24(33-4)25(19-23)34-5/h9-14,19H,6-8,15-18H2,1-5H3. The zero-order chi connectivity index (χ0) is 26.6. The second kappa shape index (κ2) is 14.1. The van der Waals surface area contributed by atoms with Crippen LogP contribution < -0.4 is 9.47 Å². The summed E-state index contributed by atoms with van der Waals surface area (Å²) in [5.74, 6) is 0.0827. The minimum absolute atomic E-state index is 0.185. The van der Waals surface area contributed by atoms with E-state index in [0.29, 0.717) is 48.6 Å². The molecule has 8 nitrogen and oxygen atoms in total. The number of carbonyl (C=O) groups excluding carboxylic acids is 2. The molecule has 0 fully saturated rings. The maximum Gasteiger partial charge on any atom is 0.338 e. The van der Waals surface area contributed by atoms with Gasteiger partial charge in [0.1, 0.15) is 0 Å². The number of hydrogen-bond donors (Lipinski definition) is 0. The van der Waals surface area contributed by atoms with Gasteiger partial charge in [0, 0.05) is 6.54 Å². The molecule has 8 heteroatoms. The van der Waals surface area contributed by atoms with Gasteiger partial charge in [-0.05, 0) is 82.1 Å². The number of nitriles is 1. The van der Waals surface area contributed by atoms with E-state index in [1.54, 1.807) is 44.2 Å². The van der Waals surface area contributed by atoms with E-state index in [-0.39, 0.29) is 12.6 Å². The summed E-state index contributed by atoms with van der Waals surface area (Å²) in [5.41, 5.74) is 0.721. The number of methoxy groups -OCH3 is 2. The van der Waals surface area contributed by atoms with Gasteiger partial charge in [-0.1, -0.05) is 18.2 Å². The van der Waals surface area contributed by atoms with Crippen molar-refractivity contribution in [2.75, 3.05) is 47.6 Å². The molecule has 0 amide bonds. The summed E-state index contributed by atoms with van der Waals surface area (Å²) in [5, 5.41) is 10.2. The predicted molar refractivity (Wildman–Crippen MR) is 136 cm³/mol. The highest BCUT2D eigenvalue weighted by atomic mass is 16.5. The Hall–Kier alpha value is -3.57. The van der Waals surface area contributed by atoms with Crippen molar-refractivity contribution in [1.29, 1.82) is 5.26 Å². The normalized spacial score (nSPS) is 12.4. The molecule has 2 aromatic rings. The number of rotatable bonds is 14. The quantitative estimate of drug-likeness (QED) is 0.360. The molecule has 0 radical (unpaired) electrons. The number of carbonyl (C=O) groups is 2. The SMILES string of the molecule is CCOC(=O)c1ccc(CCN(C)CCCC(C#N)(C(=O)OCC)c2ccc(OC)c(OC)c2)cc1. The van der Waals surface area contributed by atoms with Crippen LogP contribution in [-0.2, 0) is 26.1 Å². The van der Waals surface area contributed by atoms with Gasteiger partial charge in [-0.25, -0.2) is 9.59 Å². The van der Waals surface area contributed by atoms with Gasteiger partial charge >= 0.3 is 11.9 Å². The Balaban J connectivity index is 2.04. The molecular formula is C28H36N2O6. The first-order chi connectivity index (χ1) is 17.3. The first-order valence-corrected chi connectivity index (χ1v) is 12.1. The summed E-state index contributed by atoms with van der Waals surface area (Å²) in [7, 11) is 5.05. The number of ether oxygens (including phenoxy) is 4. The van der Waals surface area contributed by atoms with Crippen molar-refractivity contribution < 1.29 is 28.5 Å². The molecule has 0 saturated carbocycles. The fraction of sp³-hybridized carbons (Fsp3) is 0.464. The zero-order valence-electron chi connectivity index (χ0n) is 21.8. The molecule has 0 saturated heterocycles. The molecule has 0 bridgehead atoms. The predicted octanol–water partition coefficient (Wildman–Crippen LogP) is 4.16. The van der Waals surface area contributed by atoms with Crippen LogP contribution in [0.5, 0.6) is 11.5 Å². The van der Waals surface area contributed by atoms with Crippen molar-refractivity contribution >= 4 is 11.9 Å². The summed E-state index contributed by atoms with van der Waals surface area (Å²) < 4.78 is 21.0. The van der Waals surface area contributed by atoms with E-state index in [1.165, 1.54) is 14.2 Å². The number of likely N-dealkylation sites (N-methyl/N-ethyl adjacent to an activating group) is 1. The van der Waals surface area contributed by atoms with Crippen LogP contribution in [0.15, 0.2) is 42.5 Å². The largest absolute Gasteiger partial charge is 0.493 e. The molecule has 1 unspecified atom stereocenters. The van der Waals surface area contributed by atoms with Crippen LogP contribution in [0.25, 0.3) is 0 Å². The fourth-order valence-corrected chi connectivity index (χ4v) is 3.95. The molecule has 0 aliphatic rings. The highest BCUT2D eigenvalue weighted by molar-refractivity contribution is 5.89. The van der Waals surface area contributed by atoms with E-state index >= 15 is 0 Å². The third kappa shape index (κ3) is 7.22. The van der Waals surface area contributed by atoms with E-state index < -0.39 is 11.4 Å². The average molecular weight is 497 g/mol. The van der Waals surface area contributed by atoms with Gasteiger partial charge in [-0.2, -0.15) is 5.26 Å². The van der Waals surface area contributed by atoms with E-state index in [1.807, 2.05) is 19.2 Å². The van der Waals surface area contributed by atoms with Gasteiger partial charge in [0.2, 0.25) is 0 Å². The molecule has 0 aromatic heterocycles. The maximum absolute atomic E-state index is 13.0. The summed E-state index contributed by atoms with van der Waals surface area (Å²) in [6, 6.07) is 14.7. The van der Waals surface area contributed by atoms with Crippen LogP contribution in [0, 0.1) is 11.3 Å². The third-order valence-corrected chi connectivity index (χ3v) is 6.03. The van der Waals surface area contributed by atoms with Crippen molar-refractivity contribution in [3.63, 3.8) is 0 Å². The number of benzene rings is 2. The zero-order valence-corrected chi connectivity index (χ0v) is 21.8. The molecule has 0 heterocycles. The van der Waals surface area contributed by atoms with Crippen LogP contribution in [0.1, 0.15) is 48.2 Å². The van der Waals surface area contributed by atoms with Crippen LogP contribution in [0.3, 0.4) is 0 Å². The monoisotopic (exact) mass is 496 g/mol. The van der Waals surface area contributed by atoms with Crippen molar-refractivity contribution in [3.05, 3.63) is 59.2 Å². The van der Waals surface area contributed by atoms with E-state index in [9.17, 15) is 14.9 Å². The van der Waals surface area contributed by atoms with E-state index in [4.69, 9.17) is 18.9 Å². The number of esters is 2. The molecule has 0 N–H and O–H groups in total. The smallest absolute Gasteiger partial charge is 0.338 e. The maximum atomic E-state index is 13.0. The molecule has 1 atom stereocenters. The minimum Gasteiger partial charge on any atom is -0.493 e. The van der Waals surface area contributed by atoms with Crippen molar-refractivity contribution in [3.8, 4) is 17.6 Å². The number of nitrogens with zero attached hydrogens (tertiary/aromatic N) is 2. The Morgan fingerprint density at radius 1 is 0.944 bits per heavy atom. The van der Waals surface area contributed by atoms with Crippen molar-refractivity contribution in [2.45, 2.75) is 38.5 Å².